The maximum Gasteiger partial charge on any atom is 0.293 e. The van der Waals surface area contributed by atoms with E-state index in [1.165, 1.54) is 6.07 Å². The van der Waals surface area contributed by atoms with Crippen LogP contribution in [0.25, 0.3) is 22.6 Å². The third-order valence-corrected chi connectivity index (χ3v) is 5.91. The molecule has 1 aliphatic rings. The second-order valence-corrected chi connectivity index (χ2v) is 8.62. The minimum absolute atomic E-state index is 0.0659. The predicted molar refractivity (Wildman–Crippen MR) is 127 cm³/mol. The van der Waals surface area contributed by atoms with Gasteiger partial charge in [0, 0.05) is 47.3 Å². The number of aromatic nitrogens is 2. The van der Waals surface area contributed by atoms with Crippen LogP contribution < -0.4 is 10.2 Å². The van der Waals surface area contributed by atoms with E-state index in [9.17, 15) is 14.9 Å². The van der Waals surface area contributed by atoms with E-state index < -0.39 is 10.8 Å². The van der Waals surface area contributed by atoms with Crippen molar-refractivity contribution in [3.63, 3.8) is 0 Å². The number of halogens is 1. The molecule has 1 amide bonds. The number of carbonyl (C=O) groups excluding carboxylic acids is 1. The second kappa shape index (κ2) is 8.62. The molecule has 166 valence electrons. The molecule has 1 fully saturated rings. The van der Waals surface area contributed by atoms with E-state index in [2.05, 4.69) is 31.2 Å². The number of hydrogen-bond donors (Lipinski definition) is 1. The average Bonchev–Trinajstić information content (AvgIpc) is 3.48. The van der Waals surface area contributed by atoms with Crippen molar-refractivity contribution in [3.8, 4) is 11.5 Å². The summed E-state index contributed by atoms with van der Waals surface area (Å²) in [7, 11) is 0. The van der Waals surface area contributed by atoms with Crippen LogP contribution in [-0.2, 0) is 0 Å². The van der Waals surface area contributed by atoms with Crippen molar-refractivity contribution in [1.29, 1.82) is 0 Å². The molecule has 9 nitrogen and oxygen atoms in total. The van der Waals surface area contributed by atoms with Gasteiger partial charge < -0.3 is 14.6 Å². The van der Waals surface area contributed by atoms with Crippen LogP contribution in [0.3, 0.4) is 0 Å². The lowest BCUT2D eigenvalue weighted by Crippen LogP contribution is -2.19. The number of anilines is 2. The minimum Gasteiger partial charge on any atom is -0.436 e. The van der Waals surface area contributed by atoms with Gasteiger partial charge in [0.25, 0.3) is 11.6 Å². The van der Waals surface area contributed by atoms with Gasteiger partial charge in [0.1, 0.15) is 11.2 Å². The fraction of sp³-hybridized carbons (Fsp3) is 0.174. The van der Waals surface area contributed by atoms with Crippen LogP contribution in [0.2, 0.25) is 0 Å². The Morgan fingerprint density at radius 3 is 2.70 bits per heavy atom. The Bertz CT molecular complexity index is 1380. The number of benzene rings is 2. The first-order valence-electron chi connectivity index (χ1n) is 10.3. The minimum atomic E-state index is -0.440. The lowest BCUT2D eigenvalue weighted by molar-refractivity contribution is -0.384. The standard InChI is InChI=1S/C23H18BrN5O4/c24-16-9-15(12-25-13-16)23-27-18-11-17(4-6-21(18)33-23)26-22(30)14-3-5-19(20(10-14)29(31)32)28-7-1-2-8-28/h3-6,9-13H,1-2,7-8H2,(H,26,30). The van der Waals surface area contributed by atoms with Crippen molar-refractivity contribution in [3.05, 3.63) is 75.0 Å². The van der Waals surface area contributed by atoms with Gasteiger partial charge in [-0.1, -0.05) is 0 Å². The molecule has 33 heavy (non-hydrogen) atoms. The molecule has 1 saturated heterocycles. The Morgan fingerprint density at radius 2 is 1.94 bits per heavy atom. The van der Waals surface area contributed by atoms with E-state index in [4.69, 9.17) is 4.42 Å². The van der Waals surface area contributed by atoms with Gasteiger partial charge in [0.15, 0.2) is 5.58 Å². The van der Waals surface area contributed by atoms with Gasteiger partial charge in [0.2, 0.25) is 5.89 Å². The molecule has 0 unspecified atom stereocenters. The Hall–Kier alpha value is -3.79. The molecule has 2 aromatic heterocycles. The summed E-state index contributed by atoms with van der Waals surface area (Å²) in [6.45, 7) is 1.56. The van der Waals surface area contributed by atoms with Gasteiger partial charge in [-0.2, -0.15) is 0 Å². The number of fused-ring (bicyclic) bond motifs is 1. The molecule has 3 heterocycles. The van der Waals surface area contributed by atoms with Crippen LogP contribution >= 0.6 is 15.9 Å². The summed E-state index contributed by atoms with van der Waals surface area (Å²) in [4.78, 5) is 34.6. The molecule has 2 aromatic carbocycles. The molecule has 0 spiro atoms. The molecule has 1 N–H and O–H groups in total. The van der Waals surface area contributed by atoms with Crippen LogP contribution in [-0.4, -0.2) is 33.9 Å². The third-order valence-electron chi connectivity index (χ3n) is 5.48. The number of nitro groups is 1. The van der Waals surface area contributed by atoms with Gasteiger partial charge in [-0.15, -0.1) is 0 Å². The maximum atomic E-state index is 12.8. The summed E-state index contributed by atoms with van der Waals surface area (Å²) < 4.78 is 6.60. The van der Waals surface area contributed by atoms with Gasteiger partial charge in [-0.05, 0) is 65.2 Å². The van der Waals surface area contributed by atoms with Crippen molar-refractivity contribution in [1.82, 2.24) is 9.97 Å². The Morgan fingerprint density at radius 1 is 1.12 bits per heavy atom. The Labute approximate surface area is 196 Å². The molecule has 0 bridgehead atoms. The van der Waals surface area contributed by atoms with Crippen molar-refractivity contribution in [2.75, 3.05) is 23.3 Å². The van der Waals surface area contributed by atoms with E-state index in [-0.39, 0.29) is 11.3 Å². The van der Waals surface area contributed by atoms with Crippen molar-refractivity contribution >= 4 is 50.0 Å². The highest BCUT2D eigenvalue weighted by Crippen LogP contribution is 2.32. The number of carbonyl (C=O) groups is 1. The number of rotatable bonds is 5. The van der Waals surface area contributed by atoms with Crippen LogP contribution in [0.4, 0.5) is 17.1 Å². The topological polar surface area (TPSA) is 114 Å². The smallest absolute Gasteiger partial charge is 0.293 e. The lowest BCUT2D eigenvalue weighted by Gasteiger charge is -2.17. The highest BCUT2D eigenvalue weighted by molar-refractivity contribution is 9.10. The summed E-state index contributed by atoms with van der Waals surface area (Å²) >= 11 is 3.38. The lowest BCUT2D eigenvalue weighted by atomic mass is 10.1. The summed E-state index contributed by atoms with van der Waals surface area (Å²) in [6, 6.07) is 11.5. The van der Waals surface area contributed by atoms with E-state index in [1.54, 1.807) is 42.7 Å². The molecular formula is C23H18BrN5O4. The second-order valence-electron chi connectivity index (χ2n) is 7.70. The van der Waals surface area contributed by atoms with E-state index in [0.29, 0.717) is 28.4 Å². The molecule has 10 heteroatoms. The van der Waals surface area contributed by atoms with Crippen molar-refractivity contribution in [2.45, 2.75) is 12.8 Å². The number of nitrogens with zero attached hydrogens (tertiary/aromatic N) is 4. The molecule has 0 radical (unpaired) electrons. The summed E-state index contributed by atoms with van der Waals surface area (Å²) in [5, 5.41) is 14.4. The molecule has 1 aliphatic heterocycles. The highest BCUT2D eigenvalue weighted by Gasteiger charge is 2.24. The van der Waals surface area contributed by atoms with Crippen LogP contribution in [0.1, 0.15) is 23.2 Å². The largest absolute Gasteiger partial charge is 0.436 e. The highest BCUT2D eigenvalue weighted by atomic mass is 79.9. The number of hydrogen-bond acceptors (Lipinski definition) is 7. The van der Waals surface area contributed by atoms with Crippen LogP contribution in [0, 0.1) is 10.1 Å². The molecule has 0 aliphatic carbocycles. The number of oxazole rings is 1. The normalized spacial score (nSPS) is 13.4. The molecular weight excluding hydrogens is 490 g/mol. The van der Waals surface area contributed by atoms with E-state index >= 15 is 0 Å². The average molecular weight is 508 g/mol. The number of pyridine rings is 1. The van der Waals surface area contributed by atoms with Crippen molar-refractivity contribution < 1.29 is 14.1 Å². The fourth-order valence-corrected chi connectivity index (χ4v) is 4.26. The number of amides is 1. The Balaban J connectivity index is 1.39. The first-order valence-corrected chi connectivity index (χ1v) is 11.1. The molecule has 4 aromatic rings. The summed E-state index contributed by atoms with van der Waals surface area (Å²) in [5.41, 5.74) is 3.05. The first-order chi connectivity index (χ1) is 16.0. The summed E-state index contributed by atoms with van der Waals surface area (Å²) in [5.74, 6) is -0.0271. The Kier molecular flexibility index (Phi) is 5.51. The van der Waals surface area contributed by atoms with Gasteiger partial charge in [-0.3, -0.25) is 19.9 Å². The van der Waals surface area contributed by atoms with Gasteiger partial charge in [0.05, 0.1) is 10.5 Å². The molecule has 5 rings (SSSR count). The zero-order valence-corrected chi connectivity index (χ0v) is 18.9. The zero-order valence-electron chi connectivity index (χ0n) is 17.3. The fourth-order valence-electron chi connectivity index (χ4n) is 3.90. The van der Waals surface area contributed by atoms with Crippen LogP contribution in [0.5, 0.6) is 0 Å². The van der Waals surface area contributed by atoms with E-state index in [1.807, 2.05) is 11.0 Å². The maximum absolute atomic E-state index is 12.8. The first kappa shape index (κ1) is 21.1. The molecule has 0 atom stereocenters. The van der Waals surface area contributed by atoms with Gasteiger partial charge in [-0.25, -0.2) is 4.98 Å². The summed E-state index contributed by atoms with van der Waals surface area (Å²) in [6.07, 6.45) is 5.33. The SMILES string of the molecule is O=C(Nc1ccc2oc(-c3cncc(Br)c3)nc2c1)c1ccc(N2CCCC2)c([N+](=O)[O-])c1. The van der Waals surface area contributed by atoms with Crippen LogP contribution in [0.15, 0.2) is 63.7 Å². The van der Waals surface area contributed by atoms with E-state index in [0.717, 1.165) is 36.0 Å². The number of nitro benzene ring substituents is 1. The molecule has 0 saturated carbocycles. The quantitative estimate of drug-likeness (QED) is 0.283. The monoisotopic (exact) mass is 507 g/mol. The number of nitrogens with one attached hydrogen (secondary N) is 1. The third kappa shape index (κ3) is 4.29. The zero-order chi connectivity index (χ0) is 22.9. The van der Waals surface area contributed by atoms with Crippen molar-refractivity contribution in [2.24, 2.45) is 0 Å². The van der Waals surface area contributed by atoms with Gasteiger partial charge >= 0.3 is 0 Å². The predicted octanol–water partition coefficient (Wildman–Crippen LogP) is 5.41.